The third-order valence-electron chi connectivity index (χ3n) is 4.17. The molecule has 0 aliphatic carbocycles. The lowest BCUT2D eigenvalue weighted by molar-refractivity contribution is 0.355. The van der Waals surface area contributed by atoms with Crippen LogP contribution in [0.1, 0.15) is 5.56 Å². The molecule has 0 aliphatic rings. The average Bonchev–Trinajstić information content (AvgIpc) is 2.74. The van der Waals surface area contributed by atoms with Crippen LogP contribution in [0, 0.1) is 0 Å². The van der Waals surface area contributed by atoms with Crippen LogP contribution in [0.4, 0.5) is 17.5 Å². The lowest BCUT2D eigenvalue weighted by atomic mass is 10.1. The molecule has 3 aromatic rings. The Morgan fingerprint density at radius 2 is 1.64 bits per heavy atom. The highest BCUT2D eigenvalue weighted by Crippen LogP contribution is 2.30. The van der Waals surface area contributed by atoms with E-state index >= 15 is 0 Å². The first-order chi connectivity index (χ1) is 13.7. The van der Waals surface area contributed by atoms with Gasteiger partial charge in [0.15, 0.2) is 11.5 Å². The van der Waals surface area contributed by atoms with Gasteiger partial charge in [-0.3, -0.25) is 0 Å². The Labute approximate surface area is 164 Å². The second-order valence-electron chi connectivity index (χ2n) is 5.99. The van der Waals surface area contributed by atoms with E-state index in [1.165, 1.54) is 5.56 Å². The molecular formula is C21H24N4O3. The Balaban J connectivity index is 1.59. The number of benzene rings is 2. The molecule has 0 spiro atoms. The fourth-order valence-corrected chi connectivity index (χ4v) is 2.69. The summed E-state index contributed by atoms with van der Waals surface area (Å²) in [6, 6.07) is 15.4. The summed E-state index contributed by atoms with van der Waals surface area (Å²) in [6.45, 7) is 0.728. The van der Waals surface area contributed by atoms with Crippen molar-refractivity contribution in [1.82, 2.24) is 9.97 Å². The quantitative estimate of drug-likeness (QED) is 0.583. The van der Waals surface area contributed by atoms with Gasteiger partial charge in [0.25, 0.3) is 0 Å². The van der Waals surface area contributed by atoms with Gasteiger partial charge in [0.2, 0.25) is 5.95 Å². The van der Waals surface area contributed by atoms with E-state index < -0.39 is 0 Å². The van der Waals surface area contributed by atoms with Gasteiger partial charge < -0.3 is 24.8 Å². The first-order valence-electron chi connectivity index (χ1n) is 8.90. The van der Waals surface area contributed by atoms with Crippen LogP contribution in [-0.2, 0) is 6.42 Å². The van der Waals surface area contributed by atoms with Crippen LogP contribution in [0.2, 0.25) is 0 Å². The Morgan fingerprint density at radius 1 is 0.857 bits per heavy atom. The minimum Gasteiger partial charge on any atom is -0.497 e. The van der Waals surface area contributed by atoms with Crippen molar-refractivity contribution in [1.29, 1.82) is 0 Å². The third-order valence-corrected chi connectivity index (χ3v) is 4.17. The van der Waals surface area contributed by atoms with Gasteiger partial charge in [-0.25, -0.2) is 4.98 Å². The number of anilines is 3. The molecule has 0 aliphatic heterocycles. The van der Waals surface area contributed by atoms with Gasteiger partial charge >= 0.3 is 0 Å². The molecule has 28 heavy (non-hydrogen) atoms. The highest BCUT2D eigenvalue weighted by Gasteiger charge is 2.06. The molecule has 0 amide bonds. The lowest BCUT2D eigenvalue weighted by Gasteiger charge is -2.11. The fraction of sp³-hybridized carbons (Fsp3) is 0.238. The van der Waals surface area contributed by atoms with Crippen LogP contribution in [0.25, 0.3) is 0 Å². The van der Waals surface area contributed by atoms with Crippen molar-refractivity contribution in [2.24, 2.45) is 0 Å². The van der Waals surface area contributed by atoms with Gasteiger partial charge in [0.1, 0.15) is 11.6 Å². The number of methoxy groups -OCH3 is 3. The maximum atomic E-state index is 5.33. The fourth-order valence-electron chi connectivity index (χ4n) is 2.69. The van der Waals surface area contributed by atoms with E-state index in [2.05, 4.69) is 32.7 Å². The summed E-state index contributed by atoms with van der Waals surface area (Å²) in [5.41, 5.74) is 2.06. The second kappa shape index (κ2) is 9.45. The van der Waals surface area contributed by atoms with Gasteiger partial charge in [-0.05, 0) is 42.3 Å². The van der Waals surface area contributed by atoms with Gasteiger partial charge in [-0.2, -0.15) is 4.98 Å². The van der Waals surface area contributed by atoms with E-state index in [1.807, 2.05) is 36.4 Å². The monoisotopic (exact) mass is 380 g/mol. The van der Waals surface area contributed by atoms with Crippen molar-refractivity contribution in [3.05, 3.63) is 60.3 Å². The molecule has 0 radical (unpaired) electrons. The standard InChI is InChI=1S/C21H24N4O3/c1-26-17-7-4-15(5-8-17)10-12-22-21-23-13-11-20(25-21)24-16-6-9-18(27-2)19(14-16)28-3/h4-9,11,13-14H,10,12H2,1-3H3,(H2,22,23,24,25). The summed E-state index contributed by atoms with van der Waals surface area (Å²) < 4.78 is 15.8. The topological polar surface area (TPSA) is 77.5 Å². The van der Waals surface area contributed by atoms with Crippen molar-refractivity contribution in [3.8, 4) is 17.2 Å². The number of nitrogens with zero attached hydrogens (tertiary/aromatic N) is 2. The summed E-state index contributed by atoms with van der Waals surface area (Å²) in [6.07, 6.45) is 2.58. The van der Waals surface area contributed by atoms with Gasteiger partial charge in [-0.15, -0.1) is 0 Å². The second-order valence-corrected chi connectivity index (χ2v) is 5.99. The maximum Gasteiger partial charge on any atom is 0.224 e. The van der Waals surface area contributed by atoms with Crippen LogP contribution < -0.4 is 24.8 Å². The average molecular weight is 380 g/mol. The summed E-state index contributed by atoms with van der Waals surface area (Å²) in [5.74, 6) is 3.44. The first-order valence-corrected chi connectivity index (χ1v) is 8.90. The molecule has 0 saturated heterocycles. The summed E-state index contributed by atoms with van der Waals surface area (Å²) in [4.78, 5) is 8.77. The molecule has 0 atom stereocenters. The smallest absolute Gasteiger partial charge is 0.224 e. The predicted octanol–water partition coefficient (Wildman–Crippen LogP) is 3.90. The maximum absolute atomic E-state index is 5.33. The SMILES string of the molecule is COc1ccc(CCNc2nccc(Nc3ccc(OC)c(OC)c3)n2)cc1. The van der Waals surface area contributed by atoms with E-state index in [4.69, 9.17) is 14.2 Å². The molecule has 0 unspecified atom stereocenters. The summed E-state index contributed by atoms with van der Waals surface area (Å²) in [5, 5.41) is 6.50. The van der Waals surface area contributed by atoms with Gasteiger partial charge in [0, 0.05) is 24.5 Å². The van der Waals surface area contributed by atoms with Crippen molar-refractivity contribution >= 4 is 17.5 Å². The molecule has 146 valence electrons. The number of nitrogens with one attached hydrogen (secondary N) is 2. The molecule has 1 heterocycles. The number of rotatable bonds is 9. The molecule has 7 heteroatoms. The number of aromatic nitrogens is 2. The Bertz CT molecular complexity index is 900. The minimum absolute atomic E-state index is 0.569. The molecule has 0 saturated carbocycles. The summed E-state index contributed by atoms with van der Waals surface area (Å²) in [7, 11) is 4.88. The van der Waals surface area contributed by atoms with E-state index in [0.717, 1.165) is 24.4 Å². The van der Waals surface area contributed by atoms with Crippen molar-refractivity contribution in [3.63, 3.8) is 0 Å². The zero-order chi connectivity index (χ0) is 19.8. The molecule has 0 fully saturated rings. The molecule has 1 aromatic heterocycles. The number of ether oxygens (including phenoxy) is 3. The molecule has 0 bridgehead atoms. The Hall–Kier alpha value is -3.48. The minimum atomic E-state index is 0.569. The molecule has 2 aromatic carbocycles. The zero-order valence-electron chi connectivity index (χ0n) is 16.2. The van der Waals surface area contributed by atoms with Crippen molar-refractivity contribution in [2.75, 3.05) is 38.5 Å². The van der Waals surface area contributed by atoms with E-state index in [-0.39, 0.29) is 0 Å². The van der Waals surface area contributed by atoms with E-state index in [1.54, 1.807) is 27.5 Å². The van der Waals surface area contributed by atoms with E-state index in [0.29, 0.717) is 23.3 Å². The van der Waals surface area contributed by atoms with Crippen LogP contribution in [0.15, 0.2) is 54.7 Å². The first kappa shape index (κ1) is 19.3. The third kappa shape index (κ3) is 5.03. The normalized spacial score (nSPS) is 10.2. The van der Waals surface area contributed by atoms with Crippen LogP contribution in [0.5, 0.6) is 17.2 Å². The predicted molar refractivity (Wildman–Crippen MR) is 110 cm³/mol. The number of hydrogen-bond acceptors (Lipinski definition) is 7. The van der Waals surface area contributed by atoms with Crippen LogP contribution in [0.3, 0.4) is 0 Å². The Morgan fingerprint density at radius 3 is 2.36 bits per heavy atom. The molecule has 7 nitrogen and oxygen atoms in total. The van der Waals surface area contributed by atoms with Crippen LogP contribution in [-0.4, -0.2) is 37.8 Å². The highest BCUT2D eigenvalue weighted by molar-refractivity contribution is 5.61. The molecule has 3 rings (SSSR count). The molecule has 2 N–H and O–H groups in total. The summed E-state index contributed by atoms with van der Waals surface area (Å²) >= 11 is 0. The highest BCUT2D eigenvalue weighted by atomic mass is 16.5. The lowest BCUT2D eigenvalue weighted by Crippen LogP contribution is -2.08. The zero-order valence-corrected chi connectivity index (χ0v) is 16.2. The largest absolute Gasteiger partial charge is 0.497 e. The van der Waals surface area contributed by atoms with Gasteiger partial charge in [0.05, 0.1) is 21.3 Å². The number of hydrogen-bond donors (Lipinski definition) is 2. The molecular weight excluding hydrogens is 356 g/mol. The van der Waals surface area contributed by atoms with Crippen molar-refractivity contribution in [2.45, 2.75) is 6.42 Å². The van der Waals surface area contributed by atoms with Crippen molar-refractivity contribution < 1.29 is 14.2 Å². The Kier molecular flexibility index (Phi) is 6.51. The van der Waals surface area contributed by atoms with E-state index in [9.17, 15) is 0 Å². The van der Waals surface area contributed by atoms with Gasteiger partial charge in [-0.1, -0.05) is 12.1 Å². The van der Waals surface area contributed by atoms with Crippen LogP contribution >= 0.6 is 0 Å².